The Morgan fingerprint density at radius 3 is 2.47 bits per heavy atom. The number of hydrogen-bond donors (Lipinski definition) is 1. The molecular weight excluding hydrogens is 528 g/mol. The molecule has 0 unspecified atom stereocenters. The van der Waals surface area contributed by atoms with Crippen molar-refractivity contribution in [2.45, 2.75) is 33.6 Å². The molecule has 0 radical (unpaired) electrons. The summed E-state index contributed by atoms with van der Waals surface area (Å²) in [5.41, 5.74) is 2.87. The fourth-order valence-corrected chi connectivity index (χ4v) is 5.77. The Bertz CT molecular complexity index is 1340. The number of hydrogen-bond acceptors (Lipinski definition) is 6. The van der Waals surface area contributed by atoms with Crippen LogP contribution in [0.5, 0.6) is 0 Å². The van der Waals surface area contributed by atoms with Gasteiger partial charge in [-0.05, 0) is 59.0 Å². The number of rotatable bonds is 9. The van der Waals surface area contributed by atoms with E-state index < -0.39 is 11.6 Å². The Labute approximate surface area is 232 Å². The van der Waals surface area contributed by atoms with E-state index in [0.29, 0.717) is 12.1 Å². The zero-order chi connectivity index (χ0) is 26.3. The minimum absolute atomic E-state index is 0. The summed E-state index contributed by atoms with van der Waals surface area (Å²) in [6.07, 6.45) is 1.10. The van der Waals surface area contributed by atoms with Crippen molar-refractivity contribution in [1.29, 1.82) is 0 Å². The first-order valence-electron chi connectivity index (χ1n) is 11.6. The van der Waals surface area contributed by atoms with Crippen molar-refractivity contribution < 1.29 is 27.4 Å². The summed E-state index contributed by atoms with van der Waals surface area (Å²) in [5, 5.41) is 12.0. The van der Waals surface area contributed by atoms with Gasteiger partial charge in [-0.15, -0.1) is 21.5 Å². The molecule has 0 aliphatic heterocycles. The second-order valence-electron chi connectivity index (χ2n) is 8.54. The van der Waals surface area contributed by atoms with E-state index in [4.69, 9.17) is 0 Å². The van der Waals surface area contributed by atoms with Gasteiger partial charge in [-0.3, -0.25) is 4.79 Å². The first kappa shape index (κ1) is 32.7. The third-order valence-electron chi connectivity index (χ3n) is 5.63. The van der Waals surface area contributed by atoms with Crippen LogP contribution in [-0.4, -0.2) is 33.5 Å². The van der Waals surface area contributed by atoms with Crippen LogP contribution in [0, 0.1) is 17.0 Å². The summed E-state index contributed by atoms with van der Waals surface area (Å²) in [6, 6.07) is 15.1. The number of thiophene rings is 1. The monoisotopic (exact) mass is 565 g/mol. The molecule has 2 aromatic heterocycles. The number of carbonyl (C=O) groups excluding carboxylic acids is 1. The Morgan fingerprint density at radius 2 is 1.87 bits per heavy atom. The average molecular weight is 566 g/mol. The summed E-state index contributed by atoms with van der Waals surface area (Å²) < 4.78 is 28.7. The zero-order valence-corrected chi connectivity index (χ0v) is 23.4. The smallest absolute Gasteiger partial charge is 0.205 e. The molecule has 10 heteroatoms. The lowest BCUT2D eigenvalue weighted by atomic mass is 9.74. The normalized spacial score (nSPS) is 11.2. The van der Waals surface area contributed by atoms with Gasteiger partial charge in [0.05, 0.1) is 5.56 Å². The maximum absolute atomic E-state index is 14.5. The molecule has 0 spiro atoms. The third kappa shape index (κ3) is 7.61. The summed E-state index contributed by atoms with van der Waals surface area (Å²) in [7, 11) is 0. The lowest BCUT2D eigenvalue weighted by Crippen LogP contribution is -2.30. The van der Waals surface area contributed by atoms with E-state index in [1.54, 1.807) is 23.7 Å². The Morgan fingerprint density at radius 1 is 1.13 bits per heavy atom. The zero-order valence-electron chi connectivity index (χ0n) is 21.7. The predicted molar refractivity (Wildman–Crippen MR) is 157 cm³/mol. The van der Waals surface area contributed by atoms with E-state index in [1.165, 1.54) is 40.9 Å². The third-order valence-corrected chi connectivity index (χ3v) is 7.48. The largest absolute Gasteiger partial charge is 0.412 e. The minimum atomic E-state index is -0.583. The number of benzene rings is 2. The highest BCUT2D eigenvalue weighted by atomic mass is 32.1. The van der Waals surface area contributed by atoms with Crippen molar-refractivity contribution >= 4 is 33.6 Å². The van der Waals surface area contributed by atoms with Gasteiger partial charge in [-0.2, -0.15) is 0 Å². The van der Waals surface area contributed by atoms with E-state index in [1.807, 2.05) is 32.0 Å². The average Bonchev–Trinajstić information content (AvgIpc) is 3.56. The van der Waals surface area contributed by atoms with Gasteiger partial charge in [0.15, 0.2) is 5.78 Å². The lowest BCUT2D eigenvalue weighted by molar-refractivity contribution is 0.104. The highest BCUT2D eigenvalue weighted by Crippen LogP contribution is 2.45. The van der Waals surface area contributed by atoms with Crippen molar-refractivity contribution in [3.05, 3.63) is 100 Å². The number of nitrogens with one attached hydrogen (secondary N) is 1. The topological polar surface area (TPSA) is 118 Å². The van der Waals surface area contributed by atoms with Crippen molar-refractivity contribution in [3.63, 3.8) is 0 Å². The van der Waals surface area contributed by atoms with Crippen LogP contribution in [0.4, 0.5) is 13.9 Å². The first-order chi connectivity index (χ1) is 17.3. The molecule has 0 saturated carbocycles. The van der Waals surface area contributed by atoms with Crippen molar-refractivity contribution in [1.82, 2.24) is 10.2 Å². The van der Waals surface area contributed by atoms with Gasteiger partial charge in [0.2, 0.25) is 5.13 Å². The van der Waals surface area contributed by atoms with Crippen LogP contribution in [0.1, 0.15) is 57.3 Å². The molecule has 0 amide bonds. The van der Waals surface area contributed by atoms with Crippen LogP contribution in [0.3, 0.4) is 0 Å². The summed E-state index contributed by atoms with van der Waals surface area (Å²) in [4.78, 5) is 13.7. The molecule has 0 aliphatic rings. The molecule has 0 aliphatic carbocycles. The molecule has 5 N–H and O–H groups in total. The number of halogens is 2. The lowest BCUT2D eigenvalue weighted by Gasteiger charge is -2.34. The number of allylic oxidation sites excluding steroid dienone is 1. The summed E-state index contributed by atoms with van der Waals surface area (Å²) in [6.45, 7) is 12.2. The Kier molecular flexibility index (Phi) is 12.6. The van der Waals surface area contributed by atoms with Crippen LogP contribution in [0.2, 0.25) is 0 Å². The second kappa shape index (κ2) is 14.6. The molecule has 1 atom stereocenters. The molecule has 4 rings (SSSR count). The number of ketones is 1. The molecule has 0 saturated heterocycles. The molecule has 208 valence electrons. The van der Waals surface area contributed by atoms with Gasteiger partial charge >= 0.3 is 0 Å². The first-order valence-corrected chi connectivity index (χ1v) is 13.3. The maximum atomic E-state index is 14.5. The van der Waals surface area contributed by atoms with Crippen LogP contribution < -0.4 is 5.32 Å². The van der Waals surface area contributed by atoms with Gasteiger partial charge in [-0.1, -0.05) is 63.8 Å². The number of aromatic nitrogens is 2. The molecule has 2 heterocycles. The van der Waals surface area contributed by atoms with Gasteiger partial charge in [0.25, 0.3) is 0 Å². The fourth-order valence-electron chi connectivity index (χ4n) is 3.98. The second-order valence-corrected chi connectivity index (χ2v) is 10.5. The minimum Gasteiger partial charge on any atom is -0.412 e. The van der Waals surface area contributed by atoms with Crippen LogP contribution >= 0.6 is 22.7 Å². The van der Waals surface area contributed by atoms with Crippen LogP contribution in [-0.2, 0) is 0 Å². The Balaban J connectivity index is 0. The summed E-state index contributed by atoms with van der Waals surface area (Å²) in [5.74, 6) is -1.46. The van der Waals surface area contributed by atoms with Crippen molar-refractivity contribution in [2.75, 3.05) is 11.9 Å². The van der Waals surface area contributed by atoms with E-state index in [9.17, 15) is 13.6 Å². The molecule has 6 nitrogen and oxygen atoms in total. The van der Waals surface area contributed by atoms with Crippen molar-refractivity contribution in [2.24, 2.45) is 5.41 Å². The molecule has 0 fully saturated rings. The quantitative estimate of drug-likeness (QED) is 0.173. The van der Waals surface area contributed by atoms with Gasteiger partial charge in [-0.25, -0.2) is 8.78 Å². The van der Waals surface area contributed by atoms with E-state index in [0.717, 1.165) is 26.5 Å². The van der Waals surface area contributed by atoms with E-state index >= 15 is 0 Å². The standard InChI is InChI=1S/C26H23F2N3OS2.C2H6.2H2O.2H2/c1-4-21(32)19-9-8-16(13-20(19)28)22-10-11-23(34-22)24(17-6-5-7-18(27)12-17)26(2,3)14-29-25-31-30-15-33-25;1-2;;;;/h4-13,15,24H,1,14H2,2-3H3,(H,29,31);1-2H3;2*1H2;2*1H/t24-;;;;;/m0...../s1. The van der Waals surface area contributed by atoms with E-state index in [-0.39, 0.29) is 36.5 Å². The van der Waals surface area contributed by atoms with Gasteiger partial charge in [0, 0.05) is 25.1 Å². The summed E-state index contributed by atoms with van der Waals surface area (Å²) >= 11 is 2.95. The van der Waals surface area contributed by atoms with E-state index in [2.05, 4.69) is 35.9 Å². The fraction of sp³-hybridized carbons (Fsp3) is 0.250. The van der Waals surface area contributed by atoms with Gasteiger partial charge < -0.3 is 16.3 Å². The Hall–Kier alpha value is -3.31. The van der Waals surface area contributed by atoms with Crippen molar-refractivity contribution in [3.8, 4) is 10.4 Å². The molecule has 2 aromatic carbocycles. The molecule has 4 aromatic rings. The predicted octanol–water partition coefficient (Wildman–Crippen LogP) is 7.05. The van der Waals surface area contributed by atoms with Gasteiger partial charge in [0.1, 0.15) is 17.1 Å². The SMILES string of the molecule is C=CC(=O)c1ccc(-c2ccc([C@H](c3cccc(F)c3)C(C)(C)CNc3nncs3)s2)cc1F.CC.O.O.[HH].[HH]. The highest BCUT2D eigenvalue weighted by Gasteiger charge is 2.34. The van der Waals surface area contributed by atoms with Crippen LogP contribution in [0.15, 0.2) is 72.8 Å². The maximum Gasteiger partial charge on any atom is 0.205 e. The molecular formula is C28H37F2N3O3S2. The number of nitrogens with zero attached hydrogens (tertiary/aromatic N) is 2. The van der Waals surface area contributed by atoms with Crippen LogP contribution in [0.25, 0.3) is 10.4 Å². The number of anilines is 1. The highest BCUT2D eigenvalue weighted by molar-refractivity contribution is 7.15. The number of carbonyl (C=O) groups is 1. The molecule has 0 bridgehead atoms. The molecule has 38 heavy (non-hydrogen) atoms.